The van der Waals surface area contributed by atoms with Gasteiger partial charge in [-0.15, -0.1) is 0 Å². The van der Waals surface area contributed by atoms with Crippen molar-refractivity contribution in [3.63, 3.8) is 0 Å². The summed E-state index contributed by atoms with van der Waals surface area (Å²) in [6, 6.07) is 0. The van der Waals surface area contributed by atoms with E-state index in [2.05, 4.69) is 9.32 Å². The fraction of sp³-hybridized carbons (Fsp3) is 0.500. The molecule has 0 unspecified atom stereocenters. The molecule has 0 aliphatic heterocycles. The Morgan fingerprint density at radius 1 is 1.67 bits per heavy atom. The third-order valence-electron chi connectivity index (χ3n) is 0.338. The van der Waals surface area contributed by atoms with Gasteiger partial charge in [0, 0.05) is 0 Å². The number of hydrogen-bond donors (Lipinski definition) is 2. The third kappa shape index (κ3) is 5.21. The van der Waals surface area contributed by atoms with Crippen molar-refractivity contribution < 1.29 is 22.5 Å². The Morgan fingerprint density at radius 2 is 2.11 bits per heavy atom. The summed E-state index contributed by atoms with van der Waals surface area (Å²) in [5.41, 5.74) is 0. The van der Waals surface area contributed by atoms with Crippen molar-refractivity contribution in [3.05, 3.63) is 0 Å². The van der Waals surface area contributed by atoms with Crippen molar-refractivity contribution in [2.24, 2.45) is 5.14 Å². The van der Waals surface area contributed by atoms with Crippen LogP contribution >= 0.6 is 0 Å². The monoisotopic (exact) mass is 155 g/mol. The van der Waals surface area contributed by atoms with Crippen LogP contribution < -0.4 is 5.14 Å². The molecule has 0 bridgehead atoms. The Labute approximate surface area is 51.5 Å². The molecule has 0 atom stereocenters. The molecule has 0 radical (unpaired) electrons. The maximum Gasteiger partial charge on any atom is 0.382 e. The van der Waals surface area contributed by atoms with Crippen LogP contribution in [0.3, 0.4) is 0 Å². The molecule has 0 aromatic heterocycles. The molecule has 0 fully saturated rings. The predicted molar refractivity (Wildman–Crippen MR) is 26.3 cm³/mol. The van der Waals surface area contributed by atoms with Crippen molar-refractivity contribution in [1.29, 1.82) is 0 Å². The van der Waals surface area contributed by atoms with Crippen molar-refractivity contribution in [2.75, 3.05) is 6.61 Å². The number of hydrogen-bond acceptors (Lipinski definition) is 5. The van der Waals surface area contributed by atoms with Gasteiger partial charge in [-0.2, -0.15) is 13.6 Å². The Balaban J connectivity index is 3.91. The van der Waals surface area contributed by atoms with E-state index >= 15 is 0 Å². The summed E-state index contributed by atoms with van der Waals surface area (Å²) in [4.78, 5) is 9.90. The molecule has 0 rings (SSSR count). The molecular weight excluding hydrogens is 150 g/mol. The minimum Gasteiger partial charge on any atom is -0.385 e. The van der Waals surface area contributed by atoms with Gasteiger partial charge in [-0.1, -0.05) is 0 Å². The second kappa shape index (κ2) is 2.76. The summed E-state index contributed by atoms with van der Waals surface area (Å²) in [5, 5.41) is 12.1. The largest absolute Gasteiger partial charge is 0.385 e. The highest BCUT2D eigenvalue weighted by Gasteiger charge is 2.08. The number of rotatable bonds is 2. The SMILES string of the molecule is NS(=O)(=O)OC(=O)CO. The zero-order valence-electron chi connectivity index (χ0n) is 4.27. The Hall–Kier alpha value is -0.660. The molecule has 0 aromatic carbocycles. The molecule has 0 saturated heterocycles. The summed E-state index contributed by atoms with van der Waals surface area (Å²) in [6.45, 7) is -1.00. The fourth-order valence-electron chi connectivity index (χ4n) is 0.156. The van der Waals surface area contributed by atoms with E-state index in [4.69, 9.17) is 5.11 Å². The topological polar surface area (TPSA) is 107 Å². The van der Waals surface area contributed by atoms with Gasteiger partial charge in [-0.25, -0.2) is 4.79 Å². The molecule has 9 heavy (non-hydrogen) atoms. The van der Waals surface area contributed by atoms with Crippen LogP contribution in [-0.2, 0) is 19.3 Å². The van der Waals surface area contributed by atoms with E-state index in [1.165, 1.54) is 0 Å². The third-order valence-corrected chi connectivity index (χ3v) is 0.756. The van der Waals surface area contributed by atoms with Crippen molar-refractivity contribution in [2.45, 2.75) is 0 Å². The van der Waals surface area contributed by atoms with Crippen LogP contribution in [0, 0.1) is 0 Å². The lowest BCUT2D eigenvalue weighted by atomic mass is 10.8. The van der Waals surface area contributed by atoms with E-state index in [0.717, 1.165) is 0 Å². The van der Waals surface area contributed by atoms with Crippen LogP contribution in [0.25, 0.3) is 0 Å². The normalized spacial score (nSPS) is 10.9. The molecule has 0 amide bonds. The van der Waals surface area contributed by atoms with Crippen molar-refractivity contribution in [3.8, 4) is 0 Å². The molecule has 0 aromatic rings. The molecule has 0 heterocycles. The summed E-state index contributed by atoms with van der Waals surface area (Å²) in [6.07, 6.45) is 0. The first-order valence-corrected chi connectivity index (χ1v) is 3.29. The molecule has 6 nitrogen and oxygen atoms in total. The first kappa shape index (κ1) is 8.34. The standard InChI is InChI=1S/C2H5NO5S/c3-9(6,7)8-2(5)1-4/h4H,1H2,(H2,3,6,7). The molecule has 0 aliphatic rings. The second-order valence-electron chi connectivity index (χ2n) is 1.11. The van der Waals surface area contributed by atoms with E-state index in [0.29, 0.717) is 0 Å². The molecule has 54 valence electrons. The highest BCUT2D eigenvalue weighted by molar-refractivity contribution is 7.84. The fourth-order valence-corrected chi connectivity index (χ4v) is 0.468. The van der Waals surface area contributed by atoms with Gasteiger partial charge in [0.05, 0.1) is 0 Å². The van der Waals surface area contributed by atoms with Crippen LogP contribution in [0.4, 0.5) is 0 Å². The van der Waals surface area contributed by atoms with E-state index in [-0.39, 0.29) is 0 Å². The van der Waals surface area contributed by atoms with Crippen LogP contribution in [-0.4, -0.2) is 26.1 Å². The highest BCUT2D eigenvalue weighted by atomic mass is 32.2. The van der Waals surface area contributed by atoms with Gasteiger partial charge in [0.1, 0.15) is 6.61 Å². The second-order valence-corrected chi connectivity index (χ2v) is 2.26. The van der Waals surface area contributed by atoms with Crippen molar-refractivity contribution in [1.82, 2.24) is 0 Å². The minimum atomic E-state index is -4.24. The minimum absolute atomic E-state index is 1.00. The predicted octanol–water partition coefficient (Wildman–Crippen LogP) is -2.27. The van der Waals surface area contributed by atoms with E-state index in [1.54, 1.807) is 0 Å². The van der Waals surface area contributed by atoms with Gasteiger partial charge in [0.25, 0.3) is 0 Å². The molecule has 0 spiro atoms. The van der Waals surface area contributed by atoms with Gasteiger partial charge in [-0.3, -0.25) is 0 Å². The lowest BCUT2D eigenvalue weighted by Gasteiger charge is -1.94. The summed E-state index contributed by atoms with van der Waals surface area (Å²) < 4.78 is 23.1. The first-order valence-electron chi connectivity index (χ1n) is 1.81. The molecule has 0 aliphatic carbocycles. The zero-order chi connectivity index (χ0) is 7.49. The van der Waals surface area contributed by atoms with Gasteiger partial charge < -0.3 is 9.29 Å². The number of aliphatic hydroxyl groups is 1. The first-order chi connectivity index (χ1) is 3.95. The summed E-state index contributed by atoms with van der Waals surface area (Å²) in [5.74, 6) is -1.29. The van der Waals surface area contributed by atoms with Crippen molar-refractivity contribution >= 4 is 16.3 Å². The van der Waals surface area contributed by atoms with Crippen LogP contribution in [0.1, 0.15) is 0 Å². The van der Waals surface area contributed by atoms with Crippen LogP contribution in [0.2, 0.25) is 0 Å². The molecule has 0 saturated carbocycles. The lowest BCUT2D eigenvalue weighted by molar-refractivity contribution is -0.136. The Kier molecular flexibility index (Phi) is 2.56. The van der Waals surface area contributed by atoms with E-state index < -0.39 is 22.9 Å². The molecular formula is C2H5NO5S. The van der Waals surface area contributed by atoms with Gasteiger partial charge in [0.2, 0.25) is 0 Å². The average Bonchev–Trinajstić information content (AvgIpc) is 1.62. The molecule has 3 N–H and O–H groups in total. The number of aliphatic hydroxyl groups excluding tert-OH is 1. The molecule has 7 heteroatoms. The van der Waals surface area contributed by atoms with Gasteiger partial charge >= 0.3 is 16.3 Å². The zero-order valence-corrected chi connectivity index (χ0v) is 5.09. The van der Waals surface area contributed by atoms with E-state index in [1.807, 2.05) is 0 Å². The highest BCUT2D eigenvalue weighted by Crippen LogP contribution is 1.81. The summed E-state index contributed by atoms with van der Waals surface area (Å²) in [7, 11) is -4.24. The van der Waals surface area contributed by atoms with Crippen LogP contribution in [0.5, 0.6) is 0 Å². The number of nitrogens with two attached hydrogens (primary N) is 1. The number of carbonyl (C=O) groups excluding carboxylic acids is 1. The maximum absolute atomic E-state index is 9.90. The summed E-state index contributed by atoms with van der Waals surface area (Å²) >= 11 is 0. The Morgan fingerprint density at radius 3 is 2.22 bits per heavy atom. The van der Waals surface area contributed by atoms with Crippen LogP contribution in [0.15, 0.2) is 0 Å². The average molecular weight is 155 g/mol. The Bertz CT molecular complexity index is 193. The van der Waals surface area contributed by atoms with Gasteiger partial charge in [-0.05, 0) is 0 Å². The number of carbonyl (C=O) groups is 1. The maximum atomic E-state index is 9.90. The quantitative estimate of drug-likeness (QED) is 0.467. The smallest absolute Gasteiger partial charge is 0.382 e. The lowest BCUT2D eigenvalue weighted by Crippen LogP contribution is -2.22. The van der Waals surface area contributed by atoms with Gasteiger partial charge in [0.15, 0.2) is 0 Å². The van der Waals surface area contributed by atoms with E-state index in [9.17, 15) is 13.2 Å².